The van der Waals surface area contributed by atoms with E-state index in [4.69, 9.17) is 9.47 Å². The third-order valence-corrected chi connectivity index (χ3v) is 4.70. The van der Waals surface area contributed by atoms with Gasteiger partial charge >= 0.3 is 5.97 Å². The second-order valence-corrected chi connectivity index (χ2v) is 7.22. The number of cyclic esters (lactones) is 1. The van der Waals surface area contributed by atoms with Crippen molar-refractivity contribution in [2.45, 2.75) is 6.61 Å². The smallest absolute Gasteiger partial charge is 0.363 e. The average molecular weight is 452 g/mol. The molecule has 0 aliphatic carbocycles. The van der Waals surface area contributed by atoms with E-state index in [1.165, 1.54) is 12.1 Å². The first-order chi connectivity index (χ1) is 14.1. The number of hydrogen-bond acceptors (Lipinski definition) is 4. The number of nitrogens with zero attached hydrogens (tertiary/aromatic N) is 1. The van der Waals surface area contributed by atoms with Gasteiger partial charge in [0.1, 0.15) is 18.2 Å². The Morgan fingerprint density at radius 3 is 2.62 bits per heavy atom. The number of rotatable bonds is 5. The van der Waals surface area contributed by atoms with Gasteiger partial charge in [-0.1, -0.05) is 52.3 Å². The lowest BCUT2D eigenvalue weighted by molar-refractivity contribution is -0.129. The first-order valence-electron chi connectivity index (χ1n) is 8.83. The number of esters is 1. The van der Waals surface area contributed by atoms with Gasteiger partial charge in [-0.2, -0.15) is 0 Å². The highest BCUT2D eigenvalue weighted by atomic mass is 79.9. The monoisotopic (exact) mass is 451 g/mol. The lowest BCUT2D eigenvalue weighted by Gasteiger charge is -2.09. The van der Waals surface area contributed by atoms with Gasteiger partial charge in [-0.05, 0) is 48.0 Å². The summed E-state index contributed by atoms with van der Waals surface area (Å²) in [6.45, 7) is 0.275. The summed E-state index contributed by atoms with van der Waals surface area (Å²) in [4.78, 5) is 16.6. The van der Waals surface area contributed by atoms with Crippen LogP contribution in [0.25, 0.3) is 6.08 Å². The summed E-state index contributed by atoms with van der Waals surface area (Å²) < 4.78 is 25.1. The molecule has 1 aliphatic heterocycles. The minimum Gasteiger partial charge on any atom is -0.488 e. The van der Waals surface area contributed by atoms with E-state index in [9.17, 15) is 9.18 Å². The van der Waals surface area contributed by atoms with Crippen molar-refractivity contribution in [3.8, 4) is 5.75 Å². The number of para-hydroxylation sites is 1. The molecule has 144 valence electrons. The van der Waals surface area contributed by atoms with Crippen molar-refractivity contribution in [1.82, 2.24) is 0 Å². The molecule has 0 aromatic heterocycles. The molecule has 0 bridgehead atoms. The molecule has 3 aromatic rings. The van der Waals surface area contributed by atoms with Crippen LogP contribution in [0.5, 0.6) is 5.75 Å². The van der Waals surface area contributed by atoms with Crippen LogP contribution in [-0.2, 0) is 16.1 Å². The zero-order valence-corrected chi connectivity index (χ0v) is 16.7. The molecule has 0 N–H and O–H groups in total. The molecule has 0 radical (unpaired) electrons. The minimum absolute atomic E-state index is 0.192. The number of benzene rings is 3. The zero-order chi connectivity index (χ0) is 20.2. The molecule has 0 spiro atoms. The number of halogens is 2. The summed E-state index contributed by atoms with van der Waals surface area (Å²) in [6.07, 6.45) is 1.63. The molecule has 0 fully saturated rings. The van der Waals surface area contributed by atoms with Crippen LogP contribution in [0.4, 0.5) is 4.39 Å². The van der Waals surface area contributed by atoms with E-state index in [1.54, 1.807) is 24.3 Å². The molecule has 0 saturated heterocycles. The van der Waals surface area contributed by atoms with E-state index in [2.05, 4.69) is 20.9 Å². The largest absolute Gasteiger partial charge is 0.488 e. The van der Waals surface area contributed by atoms with E-state index >= 15 is 0 Å². The van der Waals surface area contributed by atoms with Crippen LogP contribution in [0.15, 0.2) is 88.0 Å². The second kappa shape index (κ2) is 8.41. The third kappa shape index (κ3) is 4.60. The minimum atomic E-state index is -0.520. The van der Waals surface area contributed by atoms with Crippen LogP contribution in [0.1, 0.15) is 16.7 Å². The zero-order valence-electron chi connectivity index (χ0n) is 15.1. The Kier molecular flexibility index (Phi) is 5.53. The van der Waals surface area contributed by atoms with Gasteiger partial charge in [-0.15, -0.1) is 0 Å². The van der Waals surface area contributed by atoms with Crippen molar-refractivity contribution in [3.05, 3.63) is 105 Å². The number of hydrogen-bond donors (Lipinski definition) is 0. The molecule has 0 amide bonds. The van der Waals surface area contributed by atoms with Crippen LogP contribution < -0.4 is 4.74 Å². The van der Waals surface area contributed by atoms with Crippen LogP contribution in [0, 0.1) is 5.82 Å². The Bertz CT molecular complexity index is 1120. The van der Waals surface area contributed by atoms with Gasteiger partial charge in [0.25, 0.3) is 0 Å². The van der Waals surface area contributed by atoms with E-state index in [1.807, 2.05) is 42.5 Å². The summed E-state index contributed by atoms with van der Waals surface area (Å²) in [6, 6.07) is 20.8. The summed E-state index contributed by atoms with van der Waals surface area (Å²) in [5.74, 6) is 0.0292. The van der Waals surface area contributed by atoms with Gasteiger partial charge in [-0.25, -0.2) is 14.2 Å². The number of aliphatic imine (C=N–C) groups is 1. The second-order valence-electron chi connectivity index (χ2n) is 6.30. The van der Waals surface area contributed by atoms with Crippen LogP contribution in [0.2, 0.25) is 0 Å². The quantitative estimate of drug-likeness (QED) is 0.379. The lowest BCUT2D eigenvalue weighted by Crippen LogP contribution is -2.05. The Labute approximate surface area is 175 Å². The maximum absolute atomic E-state index is 13.0. The van der Waals surface area contributed by atoms with Gasteiger partial charge in [0.15, 0.2) is 5.70 Å². The van der Waals surface area contributed by atoms with E-state index in [-0.39, 0.29) is 24.0 Å². The standard InChI is InChI=1S/C23H15BrFNO3/c24-18-6-3-5-17(12-18)22-26-20(23(27)29-22)13-16-4-1-2-7-21(16)28-14-15-8-10-19(25)11-9-15/h1-13H,14H2/b20-13-. The molecule has 3 aromatic carbocycles. The fourth-order valence-electron chi connectivity index (χ4n) is 2.77. The van der Waals surface area contributed by atoms with E-state index in [0.29, 0.717) is 16.9 Å². The van der Waals surface area contributed by atoms with Crippen LogP contribution >= 0.6 is 15.9 Å². The first kappa shape index (κ1) is 19.1. The normalized spacial score (nSPS) is 14.6. The van der Waals surface area contributed by atoms with Gasteiger partial charge in [0.05, 0.1) is 0 Å². The number of carbonyl (C=O) groups is 1. The fraction of sp³-hybridized carbons (Fsp3) is 0.0435. The van der Waals surface area contributed by atoms with Crippen molar-refractivity contribution in [1.29, 1.82) is 0 Å². The first-order valence-corrected chi connectivity index (χ1v) is 9.62. The molecule has 4 rings (SSSR count). The highest BCUT2D eigenvalue weighted by Crippen LogP contribution is 2.26. The van der Waals surface area contributed by atoms with Crippen molar-refractivity contribution < 1.29 is 18.7 Å². The molecule has 4 nitrogen and oxygen atoms in total. The van der Waals surface area contributed by atoms with E-state index in [0.717, 1.165) is 10.0 Å². The Morgan fingerprint density at radius 2 is 1.83 bits per heavy atom. The van der Waals surface area contributed by atoms with Crippen molar-refractivity contribution >= 4 is 33.9 Å². The average Bonchev–Trinajstić information content (AvgIpc) is 3.09. The fourth-order valence-corrected chi connectivity index (χ4v) is 3.17. The maximum Gasteiger partial charge on any atom is 0.363 e. The highest BCUT2D eigenvalue weighted by molar-refractivity contribution is 9.10. The van der Waals surface area contributed by atoms with Crippen molar-refractivity contribution in [2.24, 2.45) is 4.99 Å². The molecular weight excluding hydrogens is 437 g/mol. The predicted octanol–water partition coefficient (Wildman–Crippen LogP) is 5.51. The van der Waals surface area contributed by atoms with Gasteiger partial charge in [0, 0.05) is 15.6 Å². The number of carbonyl (C=O) groups excluding carboxylic acids is 1. The van der Waals surface area contributed by atoms with Gasteiger partial charge in [-0.3, -0.25) is 0 Å². The maximum atomic E-state index is 13.0. The van der Waals surface area contributed by atoms with Crippen molar-refractivity contribution in [2.75, 3.05) is 0 Å². The van der Waals surface area contributed by atoms with Crippen molar-refractivity contribution in [3.63, 3.8) is 0 Å². The molecular formula is C23H15BrFNO3. The SMILES string of the molecule is O=C1OC(c2cccc(Br)c2)=N/C1=C\c1ccccc1OCc1ccc(F)cc1. The molecule has 6 heteroatoms. The van der Waals surface area contributed by atoms with Gasteiger partial charge < -0.3 is 9.47 Å². The molecule has 0 unspecified atom stereocenters. The summed E-state index contributed by atoms with van der Waals surface area (Å²) in [5.41, 5.74) is 2.43. The molecule has 0 saturated carbocycles. The molecule has 29 heavy (non-hydrogen) atoms. The van der Waals surface area contributed by atoms with E-state index < -0.39 is 5.97 Å². The predicted molar refractivity (Wildman–Crippen MR) is 112 cm³/mol. The Hall–Kier alpha value is -3.25. The van der Waals surface area contributed by atoms with Crippen LogP contribution in [0.3, 0.4) is 0 Å². The molecule has 1 aliphatic rings. The molecule has 0 atom stereocenters. The summed E-state index contributed by atoms with van der Waals surface area (Å²) in [7, 11) is 0. The Balaban J connectivity index is 1.57. The molecule has 1 heterocycles. The number of ether oxygens (including phenoxy) is 2. The topological polar surface area (TPSA) is 47.9 Å². The lowest BCUT2D eigenvalue weighted by atomic mass is 10.1. The highest BCUT2D eigenvalue weighted by Gasteiger charge is 2.24. The van der Waals surface area contributed by atoms with Gasteiger partial charge in [0.2, 0.25) is 5.90 Å². The summed E-state index contributed by atoms with van der Waals surface area (Å²) >= 11 is 3.40. The Morgan fingerprint density at radius 1 is 1.03 bits per heavy atom. The third-order valence-electron chi connectivity index (χ3n) is 4.21. The summed E-state index contributed by atoms with van der Waals surface area (Å²) in [5, 5.41) is 0. The van der Waals surface area contributed by atoms with Crippen LogP contribution in [-0.4, -0.2) is 11.9 Å².